The molecule has 5 nitrogen and oxygen atoms in total. The van der Waals surface area contributed by atoms with Gasteiger partial charge in [-0.05, 0) is 41.7 Å². The molecule has 1 aliphatic rings. The van der Waals surface area contributed by atoms with Gasteiger partial charge in [-0.25, -0.2) is 8.42 Å². The molecule has 0 atom stereocenters. The van der Waals surface area contributed by atoms with Crippen molar-refractivity contribution >= 4 is 21.6 Å². The SMILES string of the molecule is CCc1ccc(C(N)=O)c(-c2ccccc2)c1S(=O)(=O)N1CCc2ccccc21. The first-order valence-corrected chi connectivity index (χ1v) is 11.0. The van der Waals surface area contributed by atoms with E-state index in [1.165, 1.54) is 4.31 Å². The number of carbonyl (C=O) groups is 1. The second-order valence-corrected chi connectivity index (χ2v) is 8.82. The number of hydrogen-bond acceptors (Lipinski definition) is 3. The van der Waals surface area contributed by atoms with Crippen LogP contribution >= 0.6 is 0 Å². The molecular formula is C23H22N2O3S. The zero-order chi connectivity index (χ0) is 20.6. The van der Waals surface area contributed by atoms with Crippen molar-refractivity contribution in [3.05, 3.63) is 83.4 Å². The van der Waals surface area contributed by atoms with Gasteiger partial charge in [0.15, 0.2) is 0 Å². The average Bonchev–Trinajstić information content (AvgIpc) is 3.18. The van der Waals surface area contributed by atoms with E-state index in [1.54, 1.807) is 24.3 Å². The number of sulfonamides is 1. The third-order valence-electron chi connectivity index (χ3n) is 5.34. The third kappa shape index (κ3) is 3.19. The molecule has 0 fully saturated rings. The summed E-state index contributed by atoms with van der Waals surface area (Å²) in [7, 11) is -3.90. The molecule has 4 rings (SSSR count). The summed E-state index contributed by atoms with van der Waals surface area (Å²) in [5, 5.41) is 0. The number of amides is 1. The second kappa shape index (κ2) is 7.37. The predicted octanol–water partition coefficient (Wildman–Crippen LogP) is 3.77. The van der Waals surface area contributed by atoms with Crippen molar-refractivity contribution in [3.8, 4) is 11.1 Å². The molecule has 1 aliphatic heterocycles. The molecule has 0 aromatic heterocycles. The van der Waals surface area contributed by atoms with Gasteiger partial charge in [-0.1, -0.05) is 61.5 Å². The minimum atomic E-state index is -3.90. The molecule has 2 N–H and O–H groups in total. The molecule has 1 heterocycles. The van der Waals surface area contributed by atoms with E-state index in [0.717, 1.165) is 5.56 Å². The summed E-state index contributed by atoms with van der Waals surface area (Å²) in [5.41, 5.74) is 9.24. The number of carbonyl (C=O) groups excluding carboxylic acids is 1. The molecule has 29 heavy (non-hydrogen) atoms. The van der Waals surface area contributed by atoms with Crippen LogP contribution in [0.4, 0.5) is 5.69 Å². The Kier molecular flexibility index (Phi) is 4.88. The highest BCUT2D eigenvalue weighted by atomic mass is 32.2. The van der Waals surface area contributed by atoms with Crippen LogP contribution in [0.1, 0.15) is 28.4 Å². The molecule has 0 unspecified atom stereocenters. The summed E-state index contributed by atoms with van der Waals surface area (Å²) in [4.78, 5) is 12.4. The number of para-hydroxylation sites is 1. The Morgan fingerprint density at radius 1 is 1.00 bits per heavy atom. The maximum absolute atomic E-state index is 13.9. The van der Waals surface area contributed by atoms with Crippen LogP contribution in [-0.2, 0) is 22.9 Å². The highest BCUT2D eigenvalue weighted by molar-refractivity contribution is 7.93. The van der Waals surface area contributed by atoms with Gasteiger partial charge in [0.25, 0.3) is 10.0 Å². The number of aryl methyl sites for hydroxylation is 1. The summed E-state index contributed by atoms with van der Waals surface area (Å²) in [6.45, 7) is 2.28. The zero-order valence-electron chi connectivity index (χ0n) is 16.1. The summed E-state index contributed by atoms with van der Waals surface area (Å²) < 4.78 is 29.3. The molecule has 6 heteroatoms. The largest absolute Gasteiger partial charge is 0.366 e. The summed E-state index contributed by atoms with van der Waals surface area (Å²) >= 11 is 0. The van der Waals surface area contributed by atoms with Crippen LogP contribution in [0.2, 0.25) is 0 Å². The fourth-order valence-corrected chi connectivity index (χ4v) is 5.98. The fourth-order valence-electron chi connectivity index (χ4n) is 3.96. The first kappa shape index (κ1) is 19.2. The van der Waals surface area contributed by atoms with Gasteiger partial charge in [0.05, 0.1) is 10.6 Å². The Hall–Kier alpha value is -3.12. The van der Waals surface area contributed by atoms with Crippen molar-refractivity contribution in [3.63, 3.8) is 0 Å². The van der Waals surface area contributed by atoms with Crippen LogP contribution in [0.5, 0.6) is 0 Å². The van der Waals surface area contributed by atoms with E-state index in [4.69, 9.17) is 5.73 Å². The molecule has 3 aromatic rings. The molecule has 0 radical (unpaired) electrons. The van der Waals surface area contributed by atoms with Gasteiger partial charge in [-0.2, -0.15) is 0 Å². The van der Waals surface area contributed by atoms with Gasteiger partial charge in [0.2, 0.25) is 5.91 Å². The number of nitrogens with two attached hydrogens (primary N) is 1. The monoisotopic (exact) mass is 406 g/mol. The van der Waals surface area contributed by atoms with Gasteiger partial charge in [-0.3, -0.25) is 9.10 Å². The van der Waals surface area contributed by atoms with Crippen LogP contribution in [0, 0.1) is 0 Å². The maximum Gasteiger partial charge on any atom is 0.265 e. The normalized spacial score (nSPS) is 13.3. The highest BCUT2D eigenvalue weighted by Gasteiger charge is 2.35. The minimum Gasteiger partial charge on any atom is -0.366 e. The second-order valence-electron chi connectivity index (χ2n) is 7.02. The Morgan fingerprint density at radius 3 is 2.38 bits per heavy atom. The van der Waals surface area contributed by atoms with Gasteiger partial charge < -0.3 is 5.73 Å². The molecule has 0 bridgehead atoms. The topological polar surface area (TPSA) is 80.5 Å². The molecule has 0 saturated carbocycles. The molecule has 148 valence electrons. The van der Waals surface area contributed by atoms with Crippen LogP contribution in [0.15, 0.2) is 71.6 Å². The van der Waals surface area contributed by atoms with Crippen LogP contribution in [0.25, 0.3) is 11.1 Å². The summed E-state index contributed by atoms with van der Waals surface area (Å²) in [6, 6.07) is 19.9. The highest BCUT2D eigenvalue weighted by Crippen LogP contribution is 2.39. The number of benzene rings is 3. The van der Waals surface area contributed by atoms with Gasteiger partial charge in [0.1, 0.15) is 0 Å². The van der Waals surface area contributed by atoms with E-state index < -0.39 is 15.9 Å². The van der Waals surface area contributed by atoms with Gasteiger partial charge in [-0.15, -0.1) is 0 Å². The van der Waals surface area contributed by atoms with Gasteiger partial charge >= 0.3 is 0 Å². The number of anilines is 1. The lowest BCUT2D eigenvalue weighted by Gasteiger charge is -2.24. The Labute approximate surface area is 170 Å². The van der Waals surface area contributed by atoms with E-state index in [9.17, 15) is 13.2 Å². The first-order chi connectivity index (χ1) is 13.9. The van der Waals surface area contributed by atoms with Crippen molar-refractivity contribution in [2.75, 3.05) is 10.8 Å². The van der Waals surface area contributed by atoms with E-state index in [0.29, 0.717) is 41.8 Å². The number of nitrogens with zero attached hydrogens (tertiary/aromatic N) is 1. The van der Waals surface area contributed by atoms with Crippen molar-refractivity contribution < 1.29 is 13.2 Å². The molecule has 1 amide bonds. The quantitative estimate of drug-likeness (QED) is 0.700. The fraction of sp³-hybridized carbons (Fsp3) is 0.174. The van der Waals surface area contributed by atoms with Crippen LogP contribution in [0.3, 0.4) is 0 Å². The Bertz CT molecular complexity index is 1190. The average molecular weight is 407 g/mol. The Balaban J connectivity index is 2.03. The van der Waals surface area contributed by atoms with Crippen molar-refractivity contribution in [2.45, 2.75) is 24.7 Å². The van der Waals surface area contributed by atoms with Crippen molar-refractivity contribution in [1.82, 2.24) is 0 Å². The lowest BCUT2D eigenvalue weighted by Crippen LogP contribution is -2.31. The van der Waals surface area contributed by atoms with E-state index in [2.05, 4.69) is 0 Å². The standard InChI is InChI=1S/C23H22N2O3S/c1-2-16-12-13-19(23(24)26)21(18-9-4-3-5-10-18)22(16)29(27,28)25-15-14-17-8-6-7-11-20(17)25/h3-13H,2,14-15H2,1H3,(H2,24,26). The molecule has 0 spiro atoms. The summed E-state index contributed by atoms with van der Waals surface area (Å²) in [5.74, 6) is -0.648. The number of hydrogen-bond donors (Lipinski definition) is 1. The lowest BCUT2D eigenvalue weighted by molar-refractivity contribution is 0.100. The van der Waals surface area contributed by atoms with E-state index >= 15 is 0 Å². The van der Waals surface area contributed by atoms with Crippen LogP contribution < -0.4 is 10.0 Å². The molecule has 0 saturated heterocycles. The summed E-state index contributed by atoms with van der Waals surface area (Å²) in [6.07, 6.45) is 1.18. The molecule has 0 aliphatic carbocycles. The third-order valence-corrected chi connectivity index (χ3v) is 7.28. The van der Waals surface area contributed by atoms with Crippen molar-refractivity contribution in [2.24, 2.45) is 5.73 Å². The number of fused-ring (bicyclic) bond motifs is 1. The van der Waals surface area contributed by atoms with Crippen LogP contribution in [-0.4, -0.2) is 20.9 Å². The number of rotatable bonds is 5. The van der Waals surface area contributed by atoms with Gasteiger partial charge in [0, 0.05) is 17.7 Å². The minimum absolute atomic E-state index is 0.166. The smallest absolute Gasteiger partial charge is 0.265 e. The van der Waals surface area contributed by atoms with Crippen molar-refractivity contribution in [1.29, 1.82) is 0 Å². The maximum atomic E-state index is 13.9. The first-order valence-electron chi connectivity index (χ1n) is 9.57. The number of primary amides is 1. The van der Waals surface area contributed by atoms with E-state index in [1.807, 2.05) is 49.4 Å². The molecular weight excluding hydrogens is 384 g/mol. The lowest BCUT2D eigenvalue weighted by atomic mass is 9.96. The zero-order valence-corrected chi connectivity index (χ0v) is 16.9. The Morgan fingerprint density at radius 2 is 1.69 bits per heavy atom. The predicted molar refractivity (Wildman–Crippen MR) is 114 cm³/mol. The van der Waals surface area contributed by atoms with E-state index in [-0.39, 0.29) is 10.5 Å². The molecule has 3 aromatic carbocycles.